The number of tetrazole rings is 1. The standard InChI is InChI=1S/C24H30N6O/c1-17-7-6-9-22(19(17)3)25-23(31)16-30-27-24(26-28-30)21-12-10-20(11-13-21)15-29-14-5-4-8-18(29)2/h6-7,9-13,18H,4-5,8,14-16H2,1-3H3,(H,25,31). The Hall–Kier alpha value is -3.06. The van der Waals surface area contributed by atoms with Gasteiger partial charge in [0.1, 0.15) is 6.54 Å². The number of aryl methyl sites for hydroxylation is 1. The van der Waals surface area contributed by atoms with E-state index in [1.54, 1.807) is 0 Å². The lowest BCUT2D eigenvalue weighted by Gasteiger charge is -2.33. The molecule has 162 valence electrons. The van der Waals surface area contributed by atoms with Crippen molar-refractivity contribution in [3.63, 3.8) is 0 Å². The van der Waals surface area contributed by atoms with Crippen molar-refractivity contribution in [3.8, 4) is 11.4 Å². The van der Waals surface area contributed by atoms with Crippen molar-refractivity contribution in [1.29, 1.82) is 0 Å². The Labute approximate surface area is 183 Å². The van der Waals surface area contributed by atoms with Gasteiger partial charge in [0, 0.05) is 23.8 Å². The number of piperidine rings is 1. The maximum Gasteiger partial charge on any atom is 0.248 e. The lowest BCUT2D eigenvalue weighted by Crippen LogP contribution is -2.36. The predicted octanol–water partition coefficient (Wildman–Crippen LogP) is 3.97. The average molecular weight is 419 g/mol. The van der Waals surface area contributed by atoms with Gasteiger partial charge in [0.05, 0.1) is 0 Å². The molecule has 7 heteroatoms. The second-order valence-corrected chi connectivity index (χ2v) is 8.45. The van der Waals surface area contributed by atoms with Crippen LogP contribution >= 0.6 is 0 Å². The van der Waals surface area contributed by atoms with Crippen molar-refractivity contribution in [2.24, 2.45) is 0 Å². The Kier molecular flexibility index (Phi) is 6.42. The molecule has 1 amide bonds. The van der Waals surface area contributed by atoms with Crippen LogP contribution in [0, 0.1) is 13.8 Å². The van der Waals surface area contributed by atoms with Gasteiger partial charge in [-0.15, -0.1) is 10.2 Å². The number of amides is 1. The third-order valence-corrected chi connectivity index (χ3v) is 6.15. The number of hydrogen-bond acceptors (Lipinski definition) is 5. The quantitative estimate of drug-likeness (QED) is 0.656. The van der Waals surface area contributed by atoms with E-state index in [-0.39, 0.29) is 12.5 Å². The first-order valence-corrected chi connectivity index (χ1v) is 11.0. The molecule has 0 spiro atoms. The number of carbonyl (C=O) groups excluding carboxylic acids is 1. The van der Waals surface area contributed by atoms with E-state index in [1.165, 1.54) is 36.2 Å². The summed E-state index contributed by atoms with van der Waals surface area (Å²) < 4.78 is 0. The van der Waals surface area contributed by atoms with Crippen molar-refractivity contribution >= 4 is 11.6 Å². The molecule has 0 radical (unpaired) electrons. The van der Waals surface area contributed by atoms with E-state index < -0.39 is 0 Å². The summed E-state index contributed by atoms with van der Waals surface area (Å²) in [5.74, 6) is 0.348. The first-order chi connectivity index (χ1) is 15.0. The summed E-state index contributed by atoms with van der Waals surface area (Å²) in [5.41, 5.74) is 5.19. The monoisotopic (exact) mass is 418 g/mol. The Bertz CT molecular complexity index is 1040. The third-order valence-electron chi connectivity index (χ3n) is 6.15. The van der Waals surface area contributed by atoms with Gasteiger partial charge in [0.25, 0.3) is 0 Å². The summed E-state index contributed by atoms with van der Waals surface area (Å²) in [6.45, 7) is 8.49. The van der Waals surface area contributed by atoms with Crippen LogP contribution in [0.15, 0.2) is 42.5 Å². The van der Waals surface area contributed by atoms with Gasteiger partial charge in [-0.2, -0.15) is 4.80 Å². The van der Waals surface area contributed by atoms with E-state index in [9.17, 15) is 4.79 Å². The van der Waals surface area contributed by atoms with Crippen LogP contribution in [0.5, 0.6) is 0 Å². The maximum atomic E-state index is 12.4. The summed E-state index contributed by atoms with van der Waals surface area (Å²) in [7, 11) is 0. The Morgan fingerprint density at radius 2 is 1.94 bits per heavy atom. The van der Waals surface area contributed by atoms with Gasteiger partial charge in [-0.1, -0.05) is 42.8 Å². The van der Waals surface area contributed by atoms with Gasteiger partial charge in [-0.3, -0.25) is 9.69 Å². The second-order valence-electron chi connectivity index (χ2n) is 8.45. The Balaban J connectivity index is 1.37. The molecule has 1 unspecified atom stereocenters. The summed E-state index contributed by atoms with van der Waals surface area (Å²) in [6, 6.07) is 14.8. The van der Waals surface area contributed by atoms with Crippen LogP contribution in [0.25, 0.3) is 11.4 Å². The molecule has 4 rings (SSSR count). The van der Waals surface area contributed by atoms with Crippen LogP contribution in [0.2, 0.25) is 0 Å². The zero-order valence-corrected chi connectivity index (χ0v) is 18.5. The highest BCUT2D eigenvalue weighted by Gasteiger charge is 2.18. The highest BCUT2D eigenvalue weighted by molar-refractivity contribution is 5.91. The van der Waals surface area contributed by atoms with Gasteiger partial charge < -0.3 is 5.32 Å². The second kappa shape index (κ2) is 9.39. The van der Waals surface area contributed by atoms with Crippen LogP contribution in [0.1, 0.15) is 42.9 Å². The fraction of sp³-hybridized carbons (Fsp3) is 0.417. The number of rotatable bonds is 6. The molecular weight excluding hydrogens is 388 g/mol. The van der Waals surface area contributed by atoms with Gasteiger partial charge in [0.2, 0.25) is 11.7 Å². The summed E-state index contributed by atoms with van der Waals surface area (Å²) >= 11 is 0. The van der Waals surface area contributed by atoms with Crippen molar-refractivity contribution in [2.45, 2.75) is 59.2 Å². The molecular formula is C24H30N6O. The van der Waals surface area contributed by atoms with E-state index in [4.69, 9.17) is 0 Å². The average Bonchev–Trinajstić information content (AvgIpc) is 3.22. The van der Waals surface area contributed by atoms with Crippen LogP contribution in [-0.4, -0.2) is 43.6 Å². The smallest absolute Gasteiger partial charge is 0.248 e. The molecule has 0 saturated carbocycles. The number of nitrogens with one attached hydrogen (secondary N) is 1. The number of anilines is 1. The van der Waals surface area contributed by atoms with E-state index in [0.29, 0.717) is 11.9 Å². The third kappa shape index (κ3) is 5.17. The molecule has 1 fully saturated rings. The van der Waals surface area contributed by atoms with E-state index in [2.05, 4.69) is 44.7 Å². The van der Waals surface area contributed by atoms with Gasteiger partial charge >= 0.3 is 0 Å². The van der Waals surface area contributed by atoms with E-state index >= 15 is 0 Å². The first kappa shape index (κ1) is 21.2. The minimum Gasteiger partial charge on any atom is -0.324 e. The number of hydrogen-bond donors (Lipinski definition) is 1. The molecule has 1 aliphatic rings. The molecule has 3 aromatic rings. The zero-order chi connectivity index (χ0) is 21.8. The molecule has 2 heterocycles. The molecule has 1 N–H and O–H groups in total. The van der Waals surface area contributed by atoms with Crippen LogP contribution in [-0.2, 0) is 17.9 Å². The highest BCUT2D eigenvalue weighted by Crippen LogP contribution is 2.21. The molecule has 1 saturated heterocycles. The van der Waals surface area contributed by atoms with Crippen LogP contribution < -0.4 is 5.32 Å². The molecule has 1 aliphatic heterocycles. The van der Waals surface area contributed by atoms with E-state index in [1.807, 2.05) is 44.2 Å². The highest BCUT2D eigenvalue weighted by atomic mass is 16.2. The molecule has 2 aromatic carbocycles. The Morgan fingerprint density at radius 1 is 1.13 bits per heavy atom. The van der Waals surface area contributed by atoms with Crippen molar-refractivity contribution in [2.75, 3.05) is 11.9 Å². The number of nitrogens with zero attached hydrogens (tertiary/aromatic N) is 5. The normalized spacial score (nSPS) is 16.9. The maximum absolute atomic E-state index is 12.4. The topological polar surface area (TPSA) is 75.9 Å². The van der Waals surface area contributed by atoms with Gasteiger partial charge in [-0.05, 0) is 68.1 Å². The van der Waals surface area contributed by atoms with Crippen molar-refractivity contribution < 1.29 is 4.79 Å². The van der Waals surface area contributed by atoms with Crippen LogP contribution in [0.4, 0.5) is 5.69 Å². The lowest BCUT2D eigenvalue weighted by atomic mass is 10.0. The molecule has 0 bridgehead atoms. The lowest BCUT2D eigenvalue weighted by molar-refractivity contribution is -0.117. The fourth-order valence-corrected chi connectivity index (χ4v) is 4.02. The summed E-state index contributed by atoms with van der Waals surface area (Å²) in [6.07, 6.45) is 3.90. The molecule has 7 nitrogen and oxygen atoms in total. The van der Waals surface area contributed by atoms with Gasteiger partial charge in [-0.25, -0.2) is 0 Å². The predicted molar refractivity (Wildman–Crippen MR) is 122 cm³/mol. The largest absolute Gasteiger partial charge is 0.324 e. The van der Waals surface area contributed by atoms with Crippen LogP contribution in [0.3, 0.4) is 0 Å². The molecule has 1 aromatic heterocycles. The molecule has 0 aliphatic carbocycles. The van der Waals surface area contributed by atoms with Crippen molar-refractivity contribution in [1.82, 2.24) is 25.1 Å². The first-order valence-electron chi connectivity index (χ1n) is 11.0. The SMILES string of the molecule is Cc1cccc(NC(=O)Cn2nnc(-c3ccc(CN4CCCCC4C)cc3)n2)c1C. The van der Waals surface area contributed by atoms with E-state index in [0.717, 1.165) is 28.9 Å². The molecule has 31 heavy (non-hydrogen) atoms. The Morgan fingerprint density at radius 3 is 2.71 bits per heavy atom. The minimum absolute atomic E-state index is 0.0192. The fourth-order valence-electron chi connectivity index (χ4n) is 4.02. The minimum atomic E-state index is -0.177. The summed E-state index contributed by atoms with van der Waals surface area (Å²) in [4.78, 5) is 16.3. The number of benzene rings is 2. The number of aromatic nitrogens is 4. The van der Waals surface area contributed by atoms with Crippen molar-refractivity contribution in [3.05, 3.63) is 59.2 Å². The zero-order valence-electron chi connectivity index (χ0n) is 18.5. The number of carbonyl (C=O) groups is 1. The summed E-state index contributed by atoms with van der Waals surface area (Å²) in [5, 5.41) is 15.5. The molecule has 1 atom stereocenters. The van der Waals surface area contributed by atoms with Gasteiger partial charge in [0.15, 0.2) is 0 Å². The number of likely N-dealkylation sites (tertiary alicyclic amines) is 1.